The van der Waals surface area contributed by atoms with Crippen LogP contribution in [0.15, 0.2) is 33.8 Å². The first-order valence-corrected chi connectivity index (χ1v) is 9.40. The minimum absolute atomic E-state index is 0. The van der Waals surface area contributed by atoms with Gasteiger partial charge in [0.2, 0.25) is 5.91 Å². The predicted octanol–water partition coefficient (Wildman–Crippen LogP) is -3.44. The average molecular weight is 408 g/mol. The van der Waals surface area contributed by atoms with Gasteiger partial charge in [-0.1, -0.05) is 0 Å². The fourth-order valence-electron chi connectivity index (χ4n) is 4.39. The number of rotatable bonds is 3. The molecule has 0 aromatic rings. The lowest BCUT2D eigenvalue weighted by Gasteiger charge is -2.49. The minimum Gasteiger partial charge on any atom is -1.00 e. The fourth-order valence-corrected chi connectivity index (χ4v) is 4.39. The number of fused-ring (bicyclic) bond motifs is 2. The zero-order chi connectivity index (χ0) is 19.2. The number of nitrogens with zero attached hydrogens (tertiary/aromatic N) is 4. The van der Waals surface area contributed by atoms with Crippen LogP contribution in [0.3, 0.4) is 0 Å². The van der Waals surface area contributed by atoms with E-state index in [-0.39, 0.29) is 42.8 Å². The summed E-state index contributed by atoms with van der Waals surface area (Å²) < 4.78 is 4.93. The number of amides is 1. The topological polar surface area (TPSA) is 79.0 Å². The Labute approximate surface area is 171 Å². The third-order valence-corrected chi connectivity index (χ3v) is 6.12. The van der Waals surface area contributed by atoms with Gasteiger partial charge in [-0.05, 0) is 26.7 Å². The SMILES string of the molecule is COC(=O)C(C)(C)N1CC(=O)N2C[C@@H](C3=C4C=NC=C[NH+]4C=N3)CC[C@@H]2C1.[Cl-]. The maximum Gasteiger partial charge on any atom is 0.325 e. The summed E-state index contributed by atoms with van der Waals surface area (Å²) in [5, 5.41) is 0. The number of ether oxygens (including phenoxy) is 1. The number of piperidine rings is 1. The molecule has 9 heteroatoms. The molecule has 4 heterocycles. The van der Waals surface area contributed by atoms with Crippen molar-refractivity contribution in [1.29, 1.82) is 0 Å². The minimum atomic E-state index is -0.803. The van der Waals surface area contributed by atoms with E-state index in [1.807, 2.05) is 42.4 Å². The number of hydrogen-bond acceptors (Lipinski definition) is 6. The molecule has 4 aliphatic heterocycles. The highest BCUT2D eigenvalue weighted by Crippen LogP contribution is 2.33. The molecule has 0 aliphatic carbocycles. The van der Waals surface area contributed by atoms with E-state index in [9.17, 15) is 9.59 Å². The molecular weight excluding hydrogens is 382 g/mol. The maximum absolute atomic E-state index is 12.9. The molecule has 1 N–H and O–H groups in total. The molecule has 152 valence electrons. The second-order valence-electron chi connectivity index (χ2n) is 8.01. The summed E-state index contributed by atoms with van der Waals surface area (Å²) in [5.74, 6) is -0.00799. The quantitative estimate of drug-likeness (QED) is 0.494. The van der Waals surface area contributed by atoms with Gasteiger partial charge >= 0.3 is 5.97 Å². The van der Waals surface area contributed by atoms with Crippen LogP contribution in [0, 0.1) is 5.92 Å². The van der Waals surface area contributed by atoms with Crippen molar-refractivity contribution in [1.82, 2.24) is 9.80 Å². The number of hydrogen-bond donors (Lipinski definition) is 1. The number of carbonyl (C=O) groups excluding carboxylic acids is 2. The Hall–Kier alpha value is -2.03. The first-order chi connectivity index (χ1) is 12.9. The van der Waals surface area contributed by atoms with Crippen molar-refractivity contribution in [2.75, 3.05) is 26.7 Å². The maximum atomic E-state index is 12.9. The fraction of sp³-hybridized carbons (Fsp3) is 0.579. The van der Waals surface area contributed by atoms with Crippen LogP contribution in [0.25, 0.3) is 0 Å². The Kier molecular flexibility index (Phi) is 5.74. The normalized spacial score (nSPS) is 29.5. The van der Waals surface area contributed by atoms with Crippen molar-refractivity contribution in [2.24, 2.45) is 15.9 Å². The molecule has 0 bridgehead atoms. The Balaban J connectivity index is 0.00000225. The van der Waals surface area contributed by atoms with Crippen molar-refractivity contribution < 1.29 is 31.6 Å². The number of carbonyl (C=O) groups is 2. The summed E-state index contributed by atoms with van der Waals surface area (Å²) >= 11 is 0. The third kappa shape index (κ3) is 3.40. The standard InChI is InChI=1S/C19H25N5O3.ClH/c1-19(2,18(26)27-3)23-10-14-5-4-13(9-24(14)16(25)11-23)17-15-8-20-6-7-22(15)12-21-17;/h6-8,12-14H,4-5,9-11H2,1-3H3;1H/t13-,14+;/m0./s1. The van der Waals surface area contributed by atoms with Gasteiger partial charge in [-0.25, -0.2) is 9.89 Å². The van der Waals surface area contributed by atoms with Gasteiger partial charge in [0.15, 0.2) is 12.0 Å². The molecule has 0 radical (unpaired) electrons. The van der Waals surface area contributed by atoms with E-state index in [0.717, 1.165) is 29.1 Å². The number of nitrogens with one attached hydrogen (secondary N) is 1. The Morgan fingerprint density at radius 3 is 2.86 bits per heavy atom. The highest BCUT2D eigenvalue weighted by Gasteiger charge is 2.46. The van der Waals surface area contributed by atoms with E-state index in [4.69, 9.17) is 4.74 Å². The molecule has 28 heavy (non-hydrogen) atoms. The molecule has 0 spiro atoms. The van der Waals surface area contributed by atoms with Gasteiger partial charge in [0.25, 0.3) is 0 Å². The molecule has 0 aromatic carbocycles. The Morgan fingerprint density at radius 2 is 2.11 bits per heavy atom. The van der Waals surface area contributed by atoms with Gasteiger partial charge < -0.3 is 22.0 Å². The number of esters is 1. The summed E-state index contributed by atoms with van der Waals surface area (Å²) in [6, 6.07) is 0.130. The second-order valence-corrected chi connectivity index (χ2v) is 8.01. The monoisotopic (exact) mass is 407 g/mol. The molecule has 4 aliphatic rings. The second kappa shape index (κ2) is 7.77. The van der Waals surface area contributed by atoms with E-state index in [1.165, 1.54) is 7.11 Å². The van der Waals surface area contributed by atoms with Crippen LogP contribution in [-0.2, 0) is 14.3 Å². The number of quaternary nitrogens is 1. The number of methoxy groups -OCH3 is 1. The number of allylic oxidation sites excluding steroid dienone is 1. The molecule has 1 unspecified atom stereocenters. The van der Waals surface area contributed by atoms with Crippen molar-refractivity contribution in [3.8, 4) is 0 Å². The van der Waals surface area contributed by atoms with E-state index in [2.05, 4.69) is 9.98 Å². The summed E-state index contributed by atoms with van der Waals surface area (Å²) in [5.41, 5.74) is 1.32. The van der Waals surface area contributed by atoms with Gasteiger partial charge in [-0.2, -0.15) is 0 Å². The molecule has 1 amide bonds. The van der Waals surface area contributed by atoms with Crippen molar-refractivity contribution in [3.63, 3.8) is 0 Å². The van der Waals surface area contributed by atoms with Crippen molar-refractivity contribution in [3.05, 3.63) is 23.8 Å². The molecule has 0 saturated carbocycles. The Morgan fingerprint density at radius 1 is 1.32 bits per heavy atom. The van der Waals surface area contributed by atoms with Crippen LogP contribution < -0.4 is 17.3 Å². The summed E-state index contributed by atoms with van der Waals surface area (Å²) in [4.78, 5) is 38.9. The Bertz CT molecular complexity index is 788. The molecule has 8 nitrogen and oxygen atoms in total. The number of halogens is 1. The molecule has 3 atom stereocenters. The molecule has 2 saturated heterocycles. The lowest BCUT2D eigenvalue weighted by atomic mass is 9.87. The summed E-state index contributed by atoms with van der Waals surface area (Å²) in [6.07, 6.45) is 9.37. The molecular formula is C19H26ClN5O3. The predicted molar refractivity (Wildman–Crippen MR) is 100 cm³/mol. The van der Waals surface area contributed by atoms with Gasteiger partial charge in [0, 0.05) is 25.0 Å². The van der Waals surface area contributed by atoms with Crippen molar-refractivity contribution >= 4 is 24.4 Å². The zero-order valence-corrected chi connectivity index (χ0v) is 17.1. The number of piperazine rings is 1. The van der Waals surface area contributed by atoms with Gasteiger partial charge in [-0.15, -0.1) is 0 Å². The van der Waals surface area contributed by atoms with Gasteiger partial charge in [0.1, 0.15) is 17.4 Å². The smallest absolute Gasteiger partial charge is 0.325 e. The lowest BCUT2D eigenvalue weighted by Crippen LogP contribution is -3.04. The van der Waals surface area contributed by atoms with E-state index in [0.29, 0.717) is 13.1 Å². The highest BCUT2D eigenvalue weighted by molar-refractivity contribution is 5.84. The first kappa shape index (κ1) is 20.7. The van der Waals surface area contributed by atoms with E-state index >= 15 is 0 Å². The van der Waals surface area contributed by atoms with E-state index in [1.54, 1.807) is 6.20 Å². The molecule has 4 rings (SSSR count). The molecule has 2 fully saturated rings. The van der Waals surface area contributed by atoms with Crippen LogP contribution in [0.1, 0.15) is 26.7 Å². The van der Waals surface area contributed by atoms with E-state index < -0.39 is 5.54 Å². The molecule has 0 aromatic heterocycles. The summed E-state index contributed by atoms with van der Waals surface area (Å²) in [7, 11) is 1.39. The highest BCUT2D eigenvalue weighted by atomic mass is 35.5. The average Bonchev–Trinajstić information content (AvgIpc) is 3.11. The van der Waals surface area contributed by atoms with Crippen LogP contribution >= 0.6 is 0 Å². The van der Waals surface area contributed by atoms with Crippen molar-refractivity contribution in [2.45, 2.75) is 38.3 Å². The van der Waals surface area contributed by atoms with Crippen LogP contribution in [-0.4, -0.2) is 72.6 Å². The van der Waals surface area contributed by atoms with Gasteiger partial charge in [-0.3, -0.25) is 19.5 Å². The third-order valence-electron chi connectivity index (χ3n) is 6.12. The van der Waals surface area contributed by atoms with Gasteiger partial charge in [0.05, 0.1) is 26.1 Å². The lowest BCUT2D eigenvalue weighted by molar-refractivity contribution is -0.682. The largest absolute Gasteiger partial charge is 1.00 e. The van der Waals surface area contributed by atoms with Crippen LogP contribution in [0.4, 0.5) is 0 Å². The zero-order valence-electron chi connectivity index (χ0n) is 16.4. The van der Waals surface area contributed by atoms with Crippen LogP contribution in [0.2, 0.25) is 0 Å². The summed E-state index contributed by atoms with van der Waals surface area (Å²) in [6.45, 7) is 5.25. The number of aliphatic imine (C=N–C) groups is 2. The van der Waals surface area contributed by atoms with Crippen LogP contribution in [0.5, 0.6) is 0 Å². The first-order valence-electron chi connectivity index (χ1n) is 9.40.